The summed E-state index contributed by atoms with van der Waals surface area (Å²) >= 11 is 5.13. The summed E-state index contributed by atoms with van der Waals surface area (Å²) in [6.07, 6.45) is 3.65. The standard InChI is InChI=1S/C10H10BrN3S/c1-7-5-13-9(15-7)6-14-10-8(11)3-2-4-12-10/h2-5H,6H2,1H3,(H,12,14). The van der Waals surface area contributed by atoms with Crippen LogP contribution in [0, 0.1) is 6.92 Å². The highest BCUT2D eigenvalue weighted by Crippen LogP contribution is 2.19. The second kappa shape index (κ2) is 4.72. The molecule has 0 atom stereocenters. The van der Waals surface area contributed by atoms with Gasteiger partial charge < -0.3 is 5.32 Å². The Morgan fingerprint density at radius 3 is 3.00 bits per heavy atom. The fourth-order valence-electron chi connectivity index (χ4n) is 1.16. The third kappa shape index (κ3) is 2.76. The maximum Gasteiger partial charge on any atom is 0.140 e. The summed E-state index contributed by atoms with van der Waals surface area (Å²) in [5, 5.41) is 4.31. The van der Waals surface area contributed by atoms with Crippen molar-refractivity contribution >= 4 is 33.1 Å². The Labute approximate surface area is 101 Å². The van der Waals surface area contributed by atoms with E-state index in [4.69, 9.17) is 0 Å². The number of aryl methyl sites for hydroxylation is 1. The summed E-state index contributed by atoms with van der Waals surface area (Å²) in [4.78, 5) is 9.72. The molecule has 0 radical (unpaired) electrons. The van der Waals surface area contributed by atoms with E-state index in [9.17, 15) is 0 Å². The molecule has 0 unspecified atom stereocenters. The lowest BCUT2D eigenvalue weighted by Crippen LogP contribution is -2.01. The van der Waals surface area contributed by atoms with E-state index >= 15 is 0 Å². The number of thiazole rings is 1. The first-order valence-corrected chi connectivity index (χ1v) is 6.12. The molecule has 78 valence electrons. The molecule has 1 N–H and O–H groups in total. The summed E-state index contributed by atoms with van der Waals surface area (Å²) in [6.45, 7) is 2.77. The summed E-state index contributed by atoms with van der Waals surface area (Å²) < 4.78 is 0.971. The molecular formula is C10H10BrN3S. The van der Waals surface area contributed by atoms with Crippen LogP contribution in [0.3, 0.4) is 0 Å². The van der Waals surface area contributed by atoms with Crippen LogP contribution >= 0.6 is 27.3 Å². The molecule has 0 fully saturated rings. The Balaban J connectivity index is 2.02. The number of aromatic nitrogens is 2. The van der Waals surface area contributed by atoms with Crippen molar-refractivity contribution in [2.45, 2.75) is 13.5 Å². The van der Waals surface area contributed by atoms with Crippen LogP contribution in [0.15, 0.2) is 29.0 Å². The van der Waals surface area contributed by atoms with Crippen molar-refractivity contribution in [2.24, 2.45) is 0 Å². The minimum absolute atomic E-state index is 0.716. The first-order valence-electron chi connectivity index (χ1n) is 4.51. The van der Waals surface area contributed by atoms with E-state index in [0.29, 0.717) is 6.54 Å². The Morgan fingerprint density at radius 2 is 2.33 bits per heavy atom. The SMILES string of the molecule is Cc1cnc(CNc2ncccc2Br)s1. The first kappa shape index (κ1) is 10.6. The van der Waals surface area contributed by atoms with E-state index in [2.05, 4.69) is 38.1 Å². The number of rotatable bonds is 3. The molecule has 0 aliphatic rings. The largest absolute Gasteiger partial charge is 0.363 e. The van der Waals surface area contributed by atoms with Gasteiger partial charge in [-0.15, -0.1) is 11.3 Å². The molecule has 15 heavy (non-hydrogen) atoms. The maximum absolute atomic E-state index is 4.27. The van der Waals surface area contributed by atoms with E-state index in [1.54, 1.807) is 17.5 Å². The van der Waals surface area contributed by atoms with Crippen molar-refractivity contribution in [3.63, 3.8) is 0 Å². The van der Waals surface area contributed by atoms with Crippen LogP contribution in [-0.2, 0) is 6.54 Å². The lowest BCUT2D eigenvalue weighted by Gasteiger charge is -2.04. The number of hydrogen-bond acceptors (Lipinski definition) is 4. The van der Waals surface area contributed by atoms with E-state index in [1.165, 1.54) is 4.88 Å². The molecule has 0 saturated heterocycles. The number of hydrogen-bond donors (Lipinski definition) is 1. The van der Waals surface area contributed by atoms with Crippen molar-refractivity contribution < 1.29 is 0 Å². The zero-order chi connectivity index (χ0) is 10.7. The minimum Gasteiger partial charge on any atom is -0.363 e. The van der Waals surface area contributed by atoms with Gasteiger partial charge in [-0.1, -0.05) is 0 Å². The van der Waals surface area contributed by atoms with Crippen molar-refractivity contribution in [1.82, 2.24) is 9.97 Å². The molecule has 0 spiro atoms. The Bertz CT molecular complexity index is 455. The predicted molar refractivity (Wildman–Crippen MR) is 66.1 cm³/mol. The number of anilines is 1. The van der Waals surface area contributed by atoms with Crippen molar-refractivity contribution in [3.05, 3.63) is 38.9 Å². The first-order chi connectivity index (χ1) is 7.25. The van der Waals surface area contributed by atoms with Gasteiger partial charge in [0.1, 0.15) is 10.8 Å². The lowest BCUT2D eigenvalue weighted by molar-refractivity contribution is 1.07. The van der Waals surface area contributed by atoms with E-state index in [-0.39, 0.29) is 0 Å². The minimum atomic E-state index is 0.716. The van der Waals surface area contributed by atoms with Gasteiger partial charge in [0.15, 0.2) is 0 Å². The summed E-state index contributed by atoms with van der Waals surface area (Å²) in [6, 6.07) is 3.85. The summed E-state index contributed by atoms with van der Waals surface area (Å²) in [5.74, 6) is 0.852. The molecule has 0 aromatic carbocycles. The molecule has 2 heterocycles. The van der Waals surface area contributed by atoms with Gasteiger partial charge in [0.25, 0.3) is 0 Å². The smallest absolute Gasteiger partial charge is 0.140 e. The van der Waals surface area contributed by atoms with Crippen molar-refractivity contribution in [1.29, 1.82) is 0 Å². The zero-order valence-corrected chi connectivity index (χ0v) is 10.6. The number of nitrogens with zero attached hydrogens (tertiary/aromatic N) is 2. The van der Waals surface area contributed by atoms with Gasteiger partial charge in [-0.25, -0.2) is 9.97 Å². The van der Waals surface area contributed by atoms with Gasteiger partial charge in [0, 0.05) is 17.3 Å². The molecule has 2 rings (SSSR count). The average Bonchev–Trinajstić information content (AvgIpc) is 2.63. The second-order valence-electron chi connectivity index (χ2n) is 3.05. The van der Waals surface area contributed by atoms with Gasteiger partial charge in [-0.2, -0.15) is 0 Å². The molecule has 0 aliphatic heterocycles. The molecule has 0 saturated carbocycles. The fraction of sp³-hybridized carbons (Fsp3) is 0.200. The van der Waals surface area contributed by atoms with Crippen LogP contribution < -0.4 is 5.32 Å². The van der Waals surface area contributed by atoms with Crippen LogP contribution in [0.4, 0.5) is 5.82 Å². The molecule has 0 aliphatic carbocycles. The van der Waals surface area contributed by atoms with E-state index < -0.39 is 0 Å². The van der Waals surface area contributed by atoms with Crippen LogP contribution in [0.1, 0.15) is 9.88 Å². The van der Waals surface area contributed by atoms with Crippen molar-refractivity contribution in [2.75, 3.05) is 5.32 Å². The topological polar surface area (TPSA) is 37.8 Å². The Morgan fingerprint density at radius 1 is 1.47 bits per heavy atom. The second-order valence-corrected chi connectivity index (χ2v) is 5.23. The van der Waals surface area contributed by atoms with Gasteiger partial charge >= 0.3 is 0 Å². The highest BCUT2D eigenvalue weighted by atomic mass is 79.9. The molecule has 3 nitrogen and oxygen atoms in total. The highest BCUT2D eigenvalue weighted by Gasteiger charge is 2.01. The van der Waals surface area contributed by atoms with Gasteiger partial charge in [0.2, 0.25) is 0 Å². The number of pyridine rings is 1. The van der Waals surface area contributed by atoms with Crippen LogP contribution in [0.25, 0.3) is 0 Å². The van der Waals surface area contributed by atoms with Gasteiger partial charge in [0.05, 0.1) is 11.0 Å². The number of nitrogens with one attached hydrogen (secondary N) is 1. The monoisotopic (exact) mass is 283 g/mol. The molecule has 0 amide bonds. The molecule has 5 heteroatoms. The number of halogens is 1. The molecular weight excluding hydrogens is 274 g/mol. The fourth-order valence-corrected chi connectivity index (χ4v) is 2.28. The summed E-state index contributed by atoms with van der Waals surface area (Å²) in [7, 11) is 0. The lowest BCUT2D eigenvalue weighted by atomic mass is 10.4. The molecule has 2 aromatic heterocycles. The Hall–Kier alpha value is -0.940. The average molecular weight is 284 g/mol. The van der Waals surface area contributed by atoms with E-state index in [0.717, 1.165) is 15.3 Å². The zero-order valence-electron chi connectivity index (χ0n) is 8.20. The highest BCUT2D eigenvalue weighted by molar-refractivity contribution is 9.10. The van der Waals surface area contributed by atoms with Crippen LogP contribution in [0.5, 0.6) is 0 Å². The third-order valence-corrected chi connectivity index (χ3v) is 3.39. The van der Waals surface area contributed by atoms with E-state index in [1.807, 2.05) is 18.3 Å². The summed E-state index contributed by atoms with van der Waals surface area (Å²) in [5.41, 5.74) is 0. The quantitative estimate of drug-likeness (QED) is 0.940. The normalized spacial score (nSPS) is 10.3. The van der Waals surface area contributed by atoms with Crippen molar-refractivity contribution in [3.8, 4) is 0 Å². The van der Waals surface area contributed by atoms with Crippen LogP contribution in [-0.4, -0.2) is 9.97 Å². The third-order valence-electron chi connectivity index (χ3n) is 1.83. The van der Waals surface area contributed by atoms with Gasteiger partial charge in [-0.05, 0) is 35.0 Å². The Kier molecular flexibility index (Phi) is 3.33. The molecule has 0 bridgehead atoms. The van der Waals surface area contributed by atoms with Gasteiger partial charge in [-0.3, -0.25) is 0 Å². The predicted octanol–water partition coefficient (Wildman–Crippen LogP) is 3.22. The van der Waals surface area contributed by atoms with Crippen LogP contribution in [0.2, 0.25) is 0 Å². The maximum atomic E-state index is 4.27. The molecule has 2 aromatic rings.